The molecule has 2 saturated heterocycles. The van der Waals surface area contributed by atoms with Crippen LogP contribution < -0.4 is 4.74 Å². The Labute approximate surface area is 321 Å². The number of rotatable bonds is 7. The number of aromatic hydroxyl groups is 1. The third-order valence-corrected chi connectivity index (χ3v) is 13.1. The van der Waals surface area contributed by atoms with Gasteiger partial charge in [-0.3, -0.25) is 29.0 Å². The van der Waals surface area contributed by atoms with Gasteiger partial charge in [-0.15, -0.1) is 0 Å². The number of amides is 2. The van der Waals surface area contributed by atoms with Crippen LogP contribution in [0.1, 0.15) is 53.9 Å². The molecule has 4 aromatic rings. The summed E-state index contributed by atoms with van der Waals surface area (Å²) in [6.07, 6.45) is 5.47. The summed E-state index contributed by atoms with van der Waals surface area (Å²) in [5, 5.41) is 11.8. The number of likely N-dealkylation sites (tertiary alicyclic amines) is 2. The number of hydrogen-bond donors (Lipinski definition) is 1. The van der Waals surface area contributed by atoms with Crippen LogP contribution in [0.3, 0.4) is 0 Å². The molecule has 8 heteroatoms. The highest BCUT2D eigenvalue weighted by atomic mass is 16.5. The molecule has 3 aliphatic carbocycles. The van der Waals surface area contributed by atoms with Crippen molar-refractivity contribution in [3.63, 3.8) is 0 Å². The number of piperidine rings is 1. The van der Waals surface area contributed by atoms with Gasteiger partial charge in [0.2, 0.25) is 11.8 Å². The van der Waals surface area contributed by atoms with Crippen molar-refractivity contribution in [3.8, 4) is 11.5 Å². The number of carbonyl (C=O) groups is 4. The number of carbonyl (C=O) groups excluding carboxylic acids is 4. The minimum Gasteiger partial charge on any atom is -0.508 e. The van der Waals surface area contributed by atoms with Crippen molar-refractivity contribution >= 4 is 29.0 Å². The Hall–Kier alpha value is -5.60. The fourth-order valence-corrected chi connectivity index (χ4v) is 10.8. The normalized spacial score (nSPS) is 28.2. The Kier molecular flexibility index (Phi) is 8.89. The summed E-state index contributed by atoms with van der Waals surface area (Å²) in [7, 11) is 1.53. The standard InChI is InChI=1S/C47H44N2O6/c1-55-39-19-11-18-38(50)42(39)43-33-20-21-34-41(46(54)49(45(34)53)32-22-24-48(25-23-32)28-29-12-5-2-6-13-29)36(33)26-37-44(52)35(30-14-7-3-8-15-30)27-40(51)47(37,43)31-16-9-4-10-17-31/h2-20,27,32,34,36-37,41,43,50H,21-26,28H2,1H3/t34-,36+,37-,41-,43+,47-/m0/s1. The number of methoxy groups -OCH3 is 1. The number of nitrogens with zero attached hydrogens (tertiary/aromatic N) is 2. The lowest BCUT2D eigenvalue weighted by Gasteiger charge is -2.55. The summed E-state index contributed by atoms with van der Waals surface area (Å²) >= 11 is 0. The van der Waals surface area contributed by atoms with E-state index in [4.69, 9.17) is 4.74 Å². The summed E-state index contributed by atoms with van der Waals surface area (Å²) in [5.41, 5.74) is 2.65. The van der Waals surface area contributed by atoms with Crippen LogP contribution in [0.5, 0.6) is 11.5 Å². The number of fused-ring (bicyclic) bond motifs is 4. The molecule has 2 heterocycles. The maximum atomic E-state index is 15.3. The highest BCUT2D eigenvalue weighted by Gasteiger charge is 2.67. The first kappa shape index (κ1) is 35.1. The van der Waals surface area contributed by atoms with E-state index in [2.05, 4.69) is 17.0 Å². The van der Waals surface area contributed by atoms with E-state index in [9.17, 15) is 14.7 Å². The van der Waals surface area contributed by atoms with Crippen molar-refractivity contribution in [3.05, 3.63) is 149 Å². The Balaban J connectivity index is 1.15. The van der Waals surface area contributed by atoms with Gasteiger partial charge < -0.3 is 9.84 Å². The van der Waals surface area contributed by atoms with E-state index in [-0.39, 0.29) is 41.6 Å². The van der Waals surface area contributed by atoms with Crippen LogP contribution in [0, 0.1) is 23.7 Å². The molecule has 0 radical (unpaired) electrons. The van der Waals surface area contributed by atoms with E-state index >= 15 is 9.59 Å². The predicted octanol–water partition coefficient (Wildman–Crippen LogP) is 6.89. The smallest absolute Gasteiger partial charge is 0.233 e. The number of imide groups is 1. The number of ketones is 2. The van der Waals surface area contributed by atoms with Crippen LogP contribution in [0.2, 0.25) is 0 Å². The average Bonchev–Trinajstić information content (AvgIpc) is 3.48. The SMILES string of the molecule is COc1cccc(O)c1[C@H]1C2=CC[C@@H]3C(=O)N(C4CCN(Cc5ccccc5)CC4)C(=O)[C@@H]3[C@@H]2C[C@H]2C(=O)C(c3ccccc3)=CC(=O)[C@@]12c1ccccc1. The summed E-state index contributed by atoms with van der Waals surface area (Å²) < 4.78 is 5.91. The van der Waals surface area contributed by atoms with Gasteiger partial charge in [0.05, 0.1) is 24.4 Å². The van der Waals surface area contributed by atoms with Gasteiger partial charge in [-0.25, -0.2) is 0 Å². The largest absolute Gasteiger partial charge is 0.508 e. The quantitative estimate of drug-likeness (QED) is 0.163. The first-order valence-corrected chi connectivity index (χ1v) is 19.4. The highest BCUT2D eigenvalue weighted by molar-refractivity contribution is 6.31. The van der Waals surface area contributed by atoms with Gasteiger partial charge >= 0.3 is 0 Å². The molecule has 0 bridgehead atoms. The molecule has 9 rings (SSSR count). The predicted molar refractivity (Wildman–Crippen MR) is 208 cm³/mol. The zero-order valence-corrected chi connectivity index (χ0v) is 30.8. The molecule has 1 N–H and O–H groups in total. The summed E-state index contributed by atoms with van der Waals surface area (Å²) in [4.78, 5) is 63.7. The van der Waals surface area contributed by atoms with Gasteiger partial charge in [-0.1, -0.05) is 109 Å². The topological polar surface area (TPSA) is 104 Å². The highest BCUT2D eigenvalue weighted by Crippen LogP contribution is 2.65. The van der Waals surface area contributed by atoms with Crippen LogP contribution in [-0.2, 0) is 31.1 Å². The Bertz CT molecular complexity index is 2230. The van der Waals surface area contributed by atoms with Crippen molar-refractivity contribution in [1.29, 1.82) is 0 Å². The van der Waals surface area contributed by atoms with Crippen LogP contribution in [0.25, 0.3) is 5.57 Å². The Morgan fingerprint density at radius 3 is 2.15 bits per heavy atom. The van der Waals surface area contributed by atoms with E-state index in [1.54, 1.807) is 23.1 Å². The number of benzene rings is 4. The molecule has 2 aliphatic heterocycles. The lowest BCUT2D eigenvalue weighted by Crippen LogP contribution is -2.59. The van der Waals surface area contributed by atoms with Crippen LogP contribution in [0.15, 0.2) is 127 Å². The van der Waals surface area contributed by atoms with Crippen molar-refractivity contribution in [2.45, 2.75) is 49.6 Å². The van der Waals surface area contributed by atoms with E-state index in [1.165, 1.54) is 18.7 Å². The average molecular weight is 733 g/mol. The molecule has 278 valence electrons. The second kappa shape index (κ2) is 13.9. The first-order valence-electron chi connectivity index (χ1n) is 19.4. The van der Waals surface area contributed by atoms with Crippen molar-refractivity contribution in [2.75, 3.05) is 20.2 Å². The summed E-state index contributed by atoms with van der Waals surface area (Å²) in [5.74, 6) is -3.91. The summed E-state index contributed by atoms with van der Waals surface area (Å²) in [6.45, 7) is 2.38. The van der Waals surface area contributed by atoms with Crippen LogP contribution >= 0.6 is 0 Å². The number of phenols is 1. The van der Waals surface area contributed by atoms with Crippen LogP contribution in [0.4, 0.5) is 0 Å². The fraction of sp³-hybridized carbons (Fsp3) is 0.319. The second-order valence-electron chi connectivity index (χ2n) is 15.7. The third kappa shape index (κ3) is 5.52. The van der Waals surface area contributed by atoms with Gasteiger partial charge in [0.15, 0.2) is 11.6 Å². The molecule has 55 heavy (non-hydrogen) atoms. The van der Waals surface area contributed by atoms with Crippen molar-refractivity contribution in [1.82, 2.24) is 9.80 Å². The fourth-order valence-electron chi connectivity index (χ4n) is 10.8. The molecule has 4 aromatic carbocycles. The van der Waals surface area contributed by atoms with E-state index in [0.717, 1.165) is 25.2 Å². The first-order chi connectivity index (χ1) is 26.8. The molecule has 0 unspecified atom stereocenters. The van der Waals surface area contributed by atoms with E-state index in [0.29, 0.717) is 47.3 Å². The number of hydrogen-bond acceptors (Lipinski definition) is 7. The minimum absolute atomic E-state index is 0.0575. The van der Waals surface area contributed by atoms with Gasteiger partial charge in [0.1, 0.15) is 11.5 Å². The molecule has 0 aromatic heterocycles. The van der Waals surface area contributed by atoms with Crippen molar-refractivity contribution in [2.24, 2.45) is 23.7 Å². The Morgan fingerprint density at radius 2 is 1.45 bits per heavy atom. The van der Waals surface area contributed by atoms with Gasteiger partial charge in [0, 0.05) is 48.6 Å². The molecule has 3 fully saturated rings. The number of Topliss-reactive ketones (excluding diaryl/α,β-unsaturated/α-hetero) is 1. The molecule has 0 spiro atoms. The van der Waals surface area contributed by atoms with Gasteiger partial charge in [-0.05, 0) is 66.5 Å². The molecule has 8 nitrogen and oxygen atoms in total. The maximum Gasteiger partial charge on any atom is 0.233 e. The molecular weight excluding hydrogens is 689 g/mol. The molecule has 5 aliphatic rings. The maximum absolute atomic E-state index is 15.3. The number of allylic oxidation sites excluding steroid dienone is 4. The zero-order valence-electron chi connectivity index (χ0n) is 30.8. The molecule has 1 saturated carbocycles. The van der Waals surface area contributed by atoms with Gasteiger partial charge in [0.25, 0.3) is 0 Å². The number of ether oxygens (including phenoxy) is 1. The molecule has 2 amide bonds. The van der Waals surface area contributed by atoms with E-state index < -0.39 is 35.0 Å². The minimum atomic E-state index is -1.45. The lowest BCUT2D eigenvalue weighted by atomic mass is 9.44. The molecular formula is C47H44N2O6. The monoisotopic (exact) mass is 732 g/mol. The van der Waals surface area contributed by atoms with Gasteiger partial charge in [-0.2, -0.15) is 0 Å². The lowest BCUT2D eigenvalue weighted by molar-refractivity contribution is -0.144. The van der Waals surface area contributed by atoms with E-state index in [1.807, 2.05) is 84.9 Å². The van der Waals surface area contributed by atoms with Crippen LogP contribution in [-0.4, -0.2) is 64.5 Å². The third-order valence-electron chi connectivity index (χ3n) is 13.1. The zero-order chi connectivity index (χ0) is 37.8. The Morgan fingerprint density at radius 1 is 0.782 bits per heavy atom. The number of phenolic OH excluding ortho intramolecular Hbond substituents is 1. The molecule has 6 atom stereocenters. The van der Waals surface area contributed by atoms with Crippen molar-refractivity contribution < 1.29 is 29.0 Å². The summed E-state index contributed by atoms with van der Waals surface area (Å²) in [6, 6.07) is 33.8. The second-order valence-corrected chi connectivity index (χ2v) is 15.7.